The lowest BCUT2D eigenvalue weighted by molar-refractivity contribution is 0.675. The van der Waals surface area contributed by atoms with Crippen LogP contribution in [0, 0.1) is 19.3 Å². The number of hydrogen-bond donors (Lipinski definition) is 0. The number of hydrogen-bond acceptors (Lipinski definition) is 0. The average molecular weight is 185 g/mol. The van der Waals surface area contributed by atoms with Crippen LogP contribution in [-0.2, 0) is 0 Å². The molecule has 0 saturated carbocycles. The highest BCUT2D eigenvalue weighted by molar-refractivity contribution is 5.29. The van der Waals surface area contributed by atoms with E-state index in [1.54, 1.807) is 0 Å². The van der Waals surface area contributed by atoms with Crippen LogP contribution in [0.5, 0.6) is 0 Å². The lowest BCUT2D eigenvalue weighted by Crippen LogP contribution is -1.95. The first-order valence-electron chi connectivity index (χ1n) is 5.26. The Balaban J connectivity index is 2.75. The van der Waals surface area contributed by atoms with Gasteiger partial charge in [-0.15, -0.1) is 0 Å². The molecule has 0 aliphatic rings. The molecule has 0 heterocycles. The molecule has 1 rings (SSSR count). The Labute approximate surface area is 87.4 Å². The molecule has 1 aromatic rings. The molecule has 1 aromatic carbocycles. The molecule has 0 aromatic heterocycles. The Morgan fingerprint density at radius 3 is 2.79 bits per heavy atom. The van der Waals surface area contributed by atoms with Crippen molar-refractivity contribution in [2.24, 2.45) is 0 Å². The summed E-state index contributed by atoms with van der Waals surface area (Å²) in [5.74, 6) is 2.82. The zero-order valence-electron chi connectivity index (χ0n) is 9.01. The second-order valence-corrected chi connectivity index (χ2v) is 3.75. The zero-order valence-corrected chi connectivity index (χ0v) is 9.01. The molecule has 1 radical (unpaired) electrons. The van der Waals surface area contributed by atoms with Gasteiger partial charge >= 0.3 is 0 Å². The summed E-state index contributed by atoms with van der Waals surface area (Å²) in [7, 11) is 0. The minimum absolute atomic E-state index is 0.190. The Hall–Kier alpha value is -1.22. The highest BCUT2D eigenvalue weighted by atomic mass is 14.1. The van der Waals surface area contributed by atoms with Gasteiger partial charge < -0.3 is 0 Å². The van der Waals surface area contributed by atoms with Crippen molar-refractivity contribution in [1.82, 2.24) is 0 Å². The number of benzene rings is 1. The fourth-order valence-corrected chi connectivity index (χ4v) is 1.62. The van der Waals surface area contributed by atoms with Crippen LogP contribution in [0.2, 0.25) is 0 Å². The van der Waals surface area contributed by atoms with E-state index in [-0.39, 0.29) is 5.92 Å². The molecule has 0 heteroatoms. The predicted molar refractivity (Wildman–Crippen MR) is 60.6 cm³/mol. The normalized spacial score (nSPS) is 12.1. The minimum Gasteiger partial charge on any atom is -0.0809 e. The zero-order chi connectivity index (χ0) is 10.4. The van der Waals surface area contributed by atoms with E-state index in [4.69, 9.17) is 6.42 Å². The van der Waals surface area contributed by atoms with Gasteiger partial charge in [-0.1, -0.05) is 55.5 Å². The first-order chi connectivity index (χ1) is 6.77. The Bertz CT molecular complexity index is 317. The van der Waals surface area contributed by atoms with Gasteiger partial charge in [0.25, 0.3) is 0 Å². The summed E-state index contributed by atoms with van der Waals surface area (Å²) in [6.45, 7) is 4.27. The number of rotatable bonds is 4. The van der Waals surface area contributed by atoms with Crippen LogP contribution in [0.3, 0.4) is 0 Å². The highest BCUT2D eigenvalue weighted by Gasteiger charge is 2.07. The van der Waals surface area contributed by atoms with Crippen molar-refractivity contribution in [1.29, 1.82) is 0 Å². The molecule has 0 spiro atoms. The molecule has 73 valence electrons. The summed E-state index contributed by atoms with van der Waals surface area (Å²) in [5.41, 5.74) is 2.49. The number of aryl methyl sites for hydroxylation is 1. The third kappa shape index (κ3) is 2.92. The summed E-state index contributed by atoms with van der Waals surface area (Å²) < 4.78 is 0. The third-order valence-electron chi connectivity index (χ3n) is 2.47. The van der Waals surface area contributed by atoms with Crippen molar-refractivity contribution < 1.29 is 0 Å². The monoisotopic (exact) mass is 185 g/mol. The van der Waals surface area contributed by atoms with Gasteiger partial charge in [0.2, 0.25) is 0 Å². The van der Waals surface area contributed by atoms with E-state index in [1.807, 2.05) is 0 Å². The summed E-state index contributed by atoms with van der Waals surface area (Å²) in [5, 5.41) is 0. The van der Waals surface area contributed by atoms with Gasteiger partial charge in [0.05, 0.1) is 0 Å². The molecule has 0 N–H and O–H groups in total. The maximum atomic E-state index is 7.30. The van der Waals surface area contributed by atoms with Gasteiger partial charge in [-0.2, -0.15) is 0 Å². The molecule has 0 nitrogen and oxygen atoms in total. The minimum atomic E-state index is 0.190. The largest absolute Gasteiger partial charge is 0.0809 e. The topological polar surface area (TPSA) is 0 Å². The third-order valence-corrected chi connectivity index (χ3v) is 2.47. The van der Waals surface area contributed by atoms with Crippen molar-refractivity contribution in [3.63, 3.8) is 0 Å². The van der Waals surface area contributed by atoms with Crippen LogP contribution < -0.4 is 0 Å². The van der Waals surface area contributed by atoms with Gasteiger partial charge in [-0.05, 0) is 25.3 Å². The quantitative estimate of drug-likeness (QED) is 0.625. The van der Waals surface area contributed by atoms with Crippen LogP contribution >= 0.6 is 0 Å². The van der Waals surface area contributed by atoms with Crippen molar-refractivity contribution in [2.45, 2.75) is 39.0 Å². The van der Waals surface area contributed by atoms with Gasteiger partial charge in [0.15, 0.2) is 0 Å². The molecule has 1 unspecified atom stereocenters. The molecule has 14 heavy (non-hydrogen) atoms. The summed E-state index contributed by atoms with van der Waals surface area (Å²) in [4.78, 5) is 0. The van der Waals surface area contributed by atoms with Crippen molar-refractivity contribution in [3.8, 4) is 5.92 Å². The smallest absolute Gasteiger partial charge is 0.0462 e. The van der Waals surface area contributed by atoms with Crippen LogP contribution in [0.4, 0.5) is 0 Å². The molecule has 0 aliphatic carbocycles. The standard InChI is InChI=1S/C14H17/c1-4-6-9-13(5-2)14-10-7-8-12(3)11-14/h7-8,10-11,13H,4,6,9H2,1,3H3. The van der Waals surface area contributed by atoms with E-state index in [0.29, 0.717) is 0 Å². The van der Waals surface area contributed by atoms with E-state index >= 15 is 0 Å². The molecule has 0 bridgehead atoms. The fraction of sp³-hybridized carbons (Fsp3) is 0.429. The van der Waals surface area contributed by atoms with Gasteiger partial charge in [-0.3, -0.25) is 0 Å². The van der Waals surface area contributed by atoms with E-state index in [2.05, 4.69) is 44.0 Å². The SMILES string of the molecule is [C]#CC(CCCC)c1cccc(C)c1. The fourth-order valence-electron chi connectivity index (χ4n) is 1.62. The Morgan fingerprint density at radius 1 is 1.43 bits per heavy atom. The van der Waals surface area contributed by atoms with Crippen LogP contribution in [0.15, 0.2) is 24.3 Å². The second-order valence-electron chi connectivity index (χ2n) is 3.75. The molecule has 0 fully saturated rings. The second kappa shape index (κ2) is 5.50. The van der Waals surface area contributed by atoms with E-state index in [9.17, 15) is 0 Å². The molecule has 0 saturated heterocycles. The molecule has 1 atom stereocenters. The van der Waals surface area contributed by atoms with Crippen LogP contribution in [0.25, 0.3) is 0 Å². The number of unbranched alkanes of at least 4 members (excludes halogenated alkanes) is 1. The van der Waals surface area contributed by atoms with Crippen molar-refractivity contribution in [2.75, 3.05) is 0 Å². The van der Waals surface area contributed by atoms with Gasteiger partial charge in [-0.25, -0.2) is 0 Å². The first kappa shape index (κ1) is 10.9. The summed E-state index contributed by atoms with van der Waals surface area (Å²) in [6, 6.07) is 8.39. The van der Waals surface area contributed by atoms with Crippen LogP contribution in [-0.4, -0.2) is 0 Å². The maximum Gasteiger partial charge on any atom is 0.0462 e. The summed E-state index contributed by atoms with van der Waals surface area (Å²) in [6.07, 6.45) is 10.7. The summed E-state index contributed by atoms with van der Waals surface area (Å²) >= 11 is 0. The van der Waals surface area contributed by atoms with Gasteiger partial charge in [0.1, 0.15) is 0 Å². The predicted octanol–water partition coefficient (Wildman–Crippen LogP) is 3.86. The Morgan fingerprint density at radius 2 is 2.21 bits per heavy atom. The highest BCUT2D eigenvalue weighted by Crippen LogP contribution is 2.21. The van der Waals surface area contributed by atoms with Crippen molar-refractivity contribution in [3.05, 3.63) is 41.8 Å². The molecular formula is C14H17. The van der Waals surface area contributed by atoms with Gasteiger partial charge in [0, 0.05) is 5.92 Å². The van der Waals surface area contributed by atoms with Crippen LogP contribution in [0.1, 0.15) is 43.2 Å². The maximum absolute atomic E-state index is 7.30. The molecular weight excluding hydrogens is 168 g/mol. The van der Waals surface area contributed by atoms with Crippen molar-refractivity contribution >= 4 is 0 Å². The van der Waals surface area contributed by atoms with E-state index in [1.165, 1.54) is 24.0 Å². The Kier molecular flexibility index (Phi) is 4.26. The molecule has 0 aliphatic heterocycles. The molecule has 0 amide bonds. The average Bonchev–Trinajstić information content (AvgIpc) is 2.19. The van der Waals surface area contributed by atoms with E-state index < -0.39 is 0 Å². The lowest BCUT2D eigenvalue weighted by Gasteiger charge is -2.10. The lowest BCUT2D eigenvalue weighted by atomic mass is 9.93. The van der Waals surface area contributed by atoms with E-state index in [0.717, 1.165) is 6.42 Å². The first-order valence-corrected chi connectivity index (χ1v) is 5.26.